The predicted octanol–water partition coefficient (Wildman–Crippen LogP) is 4.68. The van der Waals surface area contributed by atoms with Crippen LogP contribution in [0.2, 0.25) is 0 Å². The van der Waals surface area contributed by atoms with Crippen LogP contribution in [-0.4, -0.2) is 4.98 Å². The molecular formula is C18H11FN2O2. The third kappa shape index (κ3) is 3.44. The van der Waals surface area contributed by atoms with E-state index in [0.717, 1.165) is 0 Å². The lowest BCUT2D eigenvalue weighted by atomic mass is 10.2. The molecule has 0 aliphatic carbocycles. The van der Waals surface area contributed by atoms with Crippen molar-refractivity contribution in [1.29, 1.82) is 5.26 Å². The second kappa shape index (κ2) is 6.58. The lowest BCUT2D eigenvalue weighted by molar-refractivity contribution is 0.455. The molecule has 1 heterocycles. The maximum atomic E-state index is 13.5. The lowest BCUT2D eigenvalue weighted by Crippen LogP contribution is -1.92. The molecule has 0 saturated heterocycles. The van der Waals surface area contributed by atoms with Crippen LogP contribution in [-0.2, 0) is 0 Å². The summed E-state index contributed by atoms with van der Waals surface area (Å²) in [6.07, 6.45) is 1.64. The number of nitriles is 1. The first-order valence-electron chi connectivity index (χ1n) is 6.81. The van der Waals surface area contributed by atoms with E-state index in [-0.39, 0.29) is 11.3 Å². The summed E-state index contributed by atoms with van der Waals surface area (Å²) < 4.78 is 24.7. The number of benzene rings is 2. The number of ether oxygens (including phenoxy) is 2. The number of hydrogen-bond donors (Lipinski definition) is 0. The molecular weight excluding hydrogens is 295 g/mol. The highest BCUT2D eigenvalue weighted by Gasteiger charge is 2.10. The minimum atomic E-state index is -0.611. The quantitative estimate of drug-likeness (QED) is 0.702. The Bertz CT molecular complexity index is 843. The Kier molecular flexibility index (Phi) is 4.16. The highest BCUT2D eigenvalue weighted by Crippen LogP contribution is 2.28. The summed E-state index contributed by atoms with van der Waals surface area (Å²) in [6.45, 7) is 0. The van der Waals surface area contributed by atoms with Crippen LogP contribution in [0.5, 0.6) is 23.1 Å². The van der Waals surface area contributed by atoms with Gasteiger partial charge in [-0.15, -0.1) is 0 Å². The molecule has 0 atom stereocenters. The van der Waals surface area contributed by atoms with Crippen LogP contribution in [0.15, 0.2) is 66.9 Å². The smallest absolute Gasteiger partial charge is 0.219 e. The van der Waals surface area contributed by atoms with Gasteiger partial charge < -0.3 is 9.47 Å². The fourth-order valence-electron chi connectivity index (χ4n) is 1.93. The van der Waals surface area contributed by atoms with Crippen molar-refractivity contribution in [3.05, 3.63) is 78.2 Å². The molecule has 0 fully saturated rings. The van der Waals surface area contributed by atoms with Gasteiger partial charge in [-0.1, -0.05) is 12.1 Å². The summed E-state index contributed by atoms with van der Waals surface area (Å²) in [4.78, 5) is 4.07. The van der Waals surface area contributed by atoms with Crippen molar-refractivity contribution in [1.82, 2.24) is 4.98 Å². The molecule has 0 unspecified atom stereocenters. The molecule has 3 aromatic rings. The highest BCUT2D eigenvalue weighted by molar-refractivity contribution is 5.46. The van der Waals surface area contributed by atoms with Crippen LogP contribution in [0.1, 0.15) is 5.56 Å². The van der Waals surface area contributed by atoms with Crippen LogP contribution < -0.4 is 9.47 Å². The minimum absolute atomic E-state index is 0.124. The fourth-order valence-corrected chi connectivity index (χ4v) is 1.93. The molecule has 2 aromatic carbocycles. The van der Waals surface area contributed by atoms with Crippen LogP contribution in [0, 0.1) is 17.1 Å². The minimum Gasteiger partial charge on any atom is -0.456 e. The Balaban J connectivity index is 1.76. The number of halogens is 1. The van der Waals surface area contributed by atoms with Gasteiger partial charge in [0, 0.05) is 12.3 Å². The average molecular weight is 306 g/mol. The van der Waals surface area contributed by atoms with E-state index in [9.17, 15) is 4.39 Å². The molecule has 1 aromatic heterocycles. The zero-order chi connectivity index (χ0) is 16.1. The molecule has 23 heavy (non-hydrogen) atoms. The predicted molar refractivity (Wildman–Crippen MR) is 81.9 cm³/mol. The number of aromatic nitrogens is 1. The monoisotopic (exact) mass is 306 g/mol. The van der Waals surface area contributed by atoms with E-state index in [4.69, 9.17) is 14.7 Å². The van der Waals surface area contributed by atoms with E-state index in [0.29, 0.717) is 17.4 Å². The maximum absolute atomic E-state index is 13.5. The third-order valence-electron chi connectivity index (χ3n) is 3.00. The van der Waals surface area contributed by atoms with Crippen LogP contribution in [0.25, 0.3) is 0 Å². The second-order valence-corrected chi connectivity index (χ2v) is 4.57. The van der Waals surface area contributed by atoms with Gasteiger partial charge in [-0.05, 0) is 42.5 Å². The molecule has 0 spiro atoms. The van der Waals surface area contributed by atoms with E-state index in [1.807, 2.05) is 6.07 Å². The summed E-state index contributed by atoms with van der Waals surface area (Å²) in [5, 5.41) is 8.99. The molecule has 4 nitrogen and oxygen atoms in total. The van der Waals surface area contributed by atoms with Crippen LogP contribution in [0.4, 0.5) is 4.39 Å². The molecule has 112 valence electrons. The van der Waals surface area contributed by atoms with Crippen molar-refractivity contribution < 1.29 is 13.9 Å². The number of rotatable bonds is 4. The molecule has 3 rings (SSSR count). The van der Waals surface area contributed by atoms with Crippen molar-refractivity contribution in [2.75, 3.05) is 0 Å². The van der Waals surface area contributed by atoms with Crippen molar-refractivity contribution >= 4 is 0 Å². The van der Waals surface area contributed by atoms with E-state index in [2.05, 4.69) is 4.98 Å². The first-order valence-corrected chi connectivity index (χ1v) is 6.81. The Morgan fingerprint density at radius 2 is 1.61 bits per heavy atom. The molecule has 0 N–H and O–H groups in total. The van der Waals surface area contributed by atoms with Gasteiger partial charge in [0.2, 0.25) is 5.88 Å². The molecule has 0 aliphatic heterocycles. The summed E-state index contributed by atoms with van der Waals surface area (Å²) in [6, 6.07) is 18.2. The highest BCUT2D eigenvalue weighted by atomic mass is 19.1. The average Bonchev–Trinajstić information content (AvgIpc) is 2.58. The Morgan fingerprint density at radius 1 is 0.870 bits per heavy atom. The van der Waals surface area contributed by atoms with Gasteiger partial charge in [-0.2, -0.15) is 5.26 Å². The Hall–Kier alpha value is -3.39. The molecule has 0 saturated carbocycles. The second-order valence-electron chi connectivity index (χ2n) is 4.57. The van der Waals surface area contributed by atoms with Gasteiger partial charge in [-0.3, -0.25) is 0 Å². The lowest BCUT2D eigenvalue weighted by Gasteiger charge is -2.09. The van der Waals surface area contributed by atoms with Crippen molar-refractivity contribution in [3.8, 4) is 29.2 Å². The molecule has 0 amide bonds. The van der Waals surface area contributed by atoms with E-state index in [1.54, 1.807) is 54.7 Å². The first-order chi connectivity index (χ1) is 11.3. The first kappa shape index (κ1) is 14.5. The van der Waals surface area contributed by atoms with Crippen molar-refractivity contribution in [2.24, 2.45) is 0 Å². The molecule has 0 aliphatic rings. The van der Waals surface area contributed by atoms with Gasteiger partial charge in [0.05, 0.1) is 0 Å². The summed E-state index contributed by atoms with van der Waals surface area (Å²) in [5.41, 5.74) is -0.124. The van der Waals surface area contributed by atoms with Crippen LogP contribution >= 0.6 is 0 Å². The SMILES string of the molecule is N#Cc1c(F)cccc1Oc1ccc(Oc2ccccn2)cc1. The standard InChI is InChI=1S/C18H11FN2O2/c19-16-4-3-5-17(15(16)12-20)22-13-7-9-14(10-8-13)23-18-6-1-2-11-21-18/h1-11H. The third-order valence-corrected chi connectivity index (χ3v) is 3.00. The van der Waals surface area contributed by atoms with Gasteiger partial charge in [0.1, 0.15) is 34.7 Å². The van der Waals surface area contributed by atoms with Crippen LogP contribution in [0.3, 0.4) is 0 Å². The number of pyridine rings is 1. The zero-order valence-electron chi connectivity index (χ0n) is 11.9. The summed E-state index contributed by atoms with van der Waals surface area (Å²) in [7, 11) is 0. The zero-order valence-corrected chi connectivity index (χ0v) is 11.9. The Morgan fingerprint density at radius 3 is 2.26 bits per heavy atom. The van der Waals surface area contributed by atoms with Gasteiger partial charge in [0.25, 0.3) is 0 Å². The molecule has 0 radical (unpaired) electrons. The van der Waals surface area contributed by atoms with Gasteiger partial charge in [0.15, 0.2) is 0 Å². The fraction of sp³-hybridized carbons (Fsp3) is 0. The topological polar surface area (TPSA) is 55.1 Å². The largest absolute Gasteiger partial charge is 0.456 e. The maximum Gasteiger partial charge on any atom is 0.219 e. The van der Waals surface area contributed by atoms with E-state index in [1.165, 1.54) is 12.1 Å². The molecule has 0 bridgehead atoms. The number of nitrogens with zero attached hydrogens (tertiary/aromatic N) is 2. The van der Waals surface area contributed by atoms with Gasteiger partial charge >= 0.3 is 0 Å². The van der Waals surface area contributed by atoms with Gasteiger partial charge in [-0.25, -0.2) is 9.37 Å². The summed E-state index contributed by atoms with van der Waals surface area (Å²) in [5.74, 6) is 1.11. The van der Waals surface area contributed by atoms with Crippen molar-refractivity contribution in [3.63, 3.8) is 0 Å². The Labute approximate surface area is 132 Å². The number of hydrogen-bond acceptors (Lipinski definition) is 4. The summed E-state index contributed by atoms with van der Waals surface area (Å²) >= 11 is 0. The molecule has 5 heteroatoms. The van der Waals surface area contributed by atoms with E-state index >= 15 is 0 Å². The van der Waals surface area contributed by atoms with E-state index < -0.39 is 5.82 Å². The van der Waals surface area contributed by atoms with Crippen molar-refractivity contribution in [2.45, 2.75) is 0 Å². The normalized spacial score (nSPS) is 9.91.